The van der Waals surface area contributed by atoms with Crippen LogP contribution in [0.5, 0.6) is 0 Å². The first-order chi connectivity index (χ1) is 6.72. The smallest absolute Gasteiger partial charge is 0.225 e. The Labute approximate surface area is 87.0 Å². The zero-order chi connectivity index (χ0) is 10.4. The molecule has 5 heteroatoms. The summed E-state index contributed by atoms with van der Waals surface area (Å²) >= 11 is 1.57. The maximum atomic E-state index is 11.4. The molecule has 1 heterocycles. The Kier molecular flexibility index (Phi) is 4.58. The highest BCUT2D eigenvalue weighted by atomic mass is 32.1. The van der Waals surface area contributed by atoms with Crippen LogP contribution in [-0.2, 0) is 16.1 Å². The molecule has 1 aromatic heterocycles. The Morgan fingerprint density at radius 1 is 1.79 bits per heavy atom. The van der Waals surface area contributed by atoms with Gasteiger partial charge >= 0.3 is 0 Å². The summed E-state index contributed by atoms with van der Waals surface area (Å²) in [5, 5.41) is 4.74. The first-order valence-corrected chi connectivity index (χ1v) is 5.23. The molecule has 1 atom stereocenters. The molecule has 0 aliphatic heterocycles. The zero-order valence-electron chi connectivity index (χ0n) is 8.03. The van der Waals surface area contributed by atoms with Gasteiger partial charge in [0.25, 0.3) is 0 Å². The number of carbonyl (C=O) groups is 1. The molecule has 3 N–H and O–H groups in total. The highest BCUT2D eigenvalue weighted by molar-refractivity contribution is 7.10. The minimum atomic E-state index is -0.0486. The summed E-state index contributed by atoms with van der Waals surface area (Å²) in [5.41, 5.74) is 0. The van der Waals surface area contributed by atoms with Crippen LogP contribution in [0.4, 0.5) is 0 Å². The molecular weight excluding hydrogens is 200 g/mol. The summed E-state index contributed by atoms with van der Waals surface area (Å²) in [6, 6.07) is 3.82. The van der Waals surface area contributed by atoms with Gasteiger partial charge in [-0.05, 0) is 18.4 Å². The summed E-state index contributed by atoms with van der Waals surface area (Å²) in [7, 11) is 0. The lowest BCUT2D eigenvalue weighted by molar-refractivity contribution is -0.121. The average Bonchev–Trinajstić information content (AvgIpc) is 2.56. The third kappa shape index (κ3) is 3.87. The summed E-state index contributed by atoms with van der Waals surface area (Å²) in [6.07, 6.45) is 0.423. The molecule has 0 spiro atoms. The van der Waals surface area contributed by atoms with E-state index in [1.165, 1.54) is 0 Å². The van der Waals surface area contributed by atoms with Gasteiger partial charge in [0.15, 0.2) is 0 Å². The van der Waals surface area contributed by atoms with Crippen LogP contribution in [0, 0.1) is 0 Å². The van der Waals surface area contributed by atoms with Crippen molar-refractivity contribution in [3.05, 3.63) is 22.4 Å². The van der Waals surface area contributed by atoms with Gasteiger partial charge in [-0.3, -0.25) is 4.79 Å². The molecule has 0 saturated carbocycles. The molecule has 1 unspecified atom stereocenters. The van der Waals surface area contributed by atoms with Gasteiger partial charge in [0.1, 0.15) is 0 Å². The van der Waals surface area contributed by atoms with E-state index in [1.807, 2.05) is 24.4 Å². The SMILES string of the molecule is CC(CON)NC(=O)Cc1cccs1. The largest absolute Gasteiger partial charge is 0.351 e. The second kappa shape index (κ2) is 5.74. The van der Waals surface area contributed by atoms with Crippen LogP contribution < -0.4 is 11.2 Å². The third-order valence-electron chi connectivity index (χ3n) is 1.67. The van der Waals surface area contributed by atoms with E-state index in [2.05, 4.69) is 10.2 Å². The minimum Gasteiger partial charge on any atom is -0.351 e. The molecule has 0 fully saturated rings. The van der Waals surface area contributed by atoms with E-state index in [0.717, 1.165) is 4.88 Å². The number of rotatable bonds is 5. The number of hydrogen-bond donors (Lipinski definition) is 2. The molecule has 78 valence electrons. The van der Waals surface area contributed by atoms with E-state index in [0.29, 0.717) is 13.0 Å². The summed E-state index contributed by atoms with van der Waals surface area (Å²) in [5.74, 6) is 4.89. The number of amides is 1. The molecule has 14 heavy (non-hydrogen) atoms. The van der Waals surface area contributed by atoms with Gasteiger partial charge in [-0.25, -0.2) is 5.90 Å². The molecule has 0 saturated heterocycles. The van der Waals surface area contributed by atoms with Gasteiger partial charge in [0.05, 0.1) is 19.1 Å². The molecule has 0 bridgehead atoms. The van der Waals surface area contributed by atoms with E-state index < -0.39 is 0 Å². The number of hydrogen-bond acceptors (Lipinski definition) is 4. The maximum absolute atomic E-state index is 11.4. The van der Waals surface area contributed by atoms with E-state index in [-0.39, 0.29) is 11.9 Å². The monoisotopic (exact) mass is 214 g/mol. The van der Waals surface area contributed by atoms with Crippen molar-refractivity contribution in [1.29, 1.82) is 0 Å². The Morgan fingerprint density at radius 2 is 2.57 bits per heavy atom. The summed E-state index contributed by atoms with van der Waals surface area (Å²) < 4.78 is 0. The summed E-state index contributed by atoms with van der Waals surface area (Å²) in [6.45, 7) is 2.18. The van der Waals surface area contributed by atoms with Crippen molar-refractivity contribution >= 4 is 17.2 Å². The first kappa shape index (κ1) is 11.2. The van der Waals surface area contributed by atoms with Crippen LogP contribution in [0.1, 0.15) is 11.8 Å². The van der Waals surface area contributed by atoms with E-state index >= 15 is 0 Å². The van der Waals surface area contributed by atoms with Crippen molar-refractivity contribution in [2.24, 2.45) is 5.90 Å². The quantitative estimate of drug-likeness (QED) is 0.709. The Hall–Kier alpha value is -0.910. The van der Waals surface area contributed by atoms with Gasteiger partial charge < -0.3 is 10.2 Å². The molecule has 1 rings (SSSR count). The van der Waals surface area contributed by atoms with Crippen molar-refractivity contribution in [1.82, 2.24) is 5.32 Å². The number of nitrogens with two attached hydrogens (primary N) is 1. The Morgan fingerprint density at radius 3 is 3.14 bits per heavy atom. The first-order valence-electron chi connectivity index (χ1n) is 4.36. The molecule has 1 aromatic rings. The average molecular weight is 214 g/mol. The highest BCUT2D eigenvalue weighted by Gasteiger charge is 2.08. The zero-order valence-corrected chi connectivity index (χ0v) is 8.84. The molecule has 1 amide bonds. The number of thiophene rings is 1. The fourth-order valence-electron chi connectivity index (χ4n) is 1.08. The number of carbonyl (C=O) groups excluding carboxylic acids is 1. The van der Waals surface area contributed by atoms with Crippen molar-refractivity contribution in [2.45, 2.75) is 19.4 Å². The van der Waals surface area contributed by atoms with Crippen LogP contribution in [0.15, 0.2) is 17.5 Å². The Balaban J connectivity index is 2.29. The van der Waals surface area contributed by atoms with Crippen molar-refractivity contribution < 1.29 is 9.63 Å². The van der Waals surface area contributed by atoms with E-state index in [4.69, 9.17) is 5.90 Å². The number of nitrogens with one attached hydrogen (secondary N) is 1. The second-order valence-electron chi connectivity index (χ2n) is 3.06. The van der Waals surface area contributed by atoms with Gasteiger partial charge in [0.2, 0.25) is 5.91 Å². The minimum absolute atomic E-state index is 0.00278. The molecule has 0 aliphatic carbocycles. The van der Waals surface area contributed by atoms with Gasteiger partial charge in [-0.15, -0.1) is 11.3 Å². The predicted molar refractivity (Wildman–Crippen MR) is 55.8 cm³/mol. The van der Waals surface area contributed by atoms with Crippen LogP contribution >= 0.6 is 11.3 Å². The van der Waals surface area contributed by atoms with Crippen LogP contribution in [0.25, 0.3) is 0 Å². The lowest BCUT2D eigenvalue weighted by Gasteiger charge is -2.11. The van der Waals surface area contributed by atoms with Crippen LogP contribution in [0.3, 0.4) is 0 Å². The predicted octanol–water partition coefficient (Wildman–Crippen LogP) is 0.686. The van der Waals surface area contributed by atoms with Crippen LogP contribution in [0.2, 0.25) is 0 Å². The fraction of sp³-hybridized carbons (Fsp3) is 0.444. The standard InChI is InChI=1S/C9H14N2O2S/c1-7(6-13-10)11-9(12)5-8-3-2-4-14-8/h2-4,7H,5-6,10H2,1H3,(H,11,12). The molecule has 0 radical (unpaired) electrons. The Bertz CT molecular complexity index is 274. The fourth-order valence-corrected chi connectivity index (χ4v) is 1.79. The van der Waals surface area contributed by atoms with Gasteiger partial charge in [-0.2, -0.15) is 0 Å². The topological polar surface area (TPSA) is 64.3 Å². The summed E-state index contributed by atoms with van der Waals surface area (Å²) in [4.78, 5) is 16.9. The van der Waals surface area contributed by atoms with Crippen molar-refractivity contribution in [3.63, 3.8) is 0 Å². The lowest BCUT2D eigenvalue weighted by atomic mass is 10.3. The third-order valence-corrected chi connectivity index (χ3v) is 2.54. The van der Waals surface area contributed by atoms with Crippen molar-refractivity contribution in [3.8, 4) is 0 Å². The molecular formula is C9H14N2O2S. The van der Waals surface area contributed by atoms with Gasteiger partial charge in [0, 0.05) is 4.88 Å². The lowest BCUT2D eigenvalue weighted by Crippen LogP contribution is -2.37. The van der Waals surface area contributed by atoms with Crippen molar-refractivity contribution in [2.75, 3.05) is 6.61 Å². The maximum Gasteiger partial charge on any atom is 0.225 e. The van der Waals surface area contributed by atoms with Crippen LogP contribution in [-0.4, -0.2) is 18.6 Å². The normalized spacial score (nSPS) is 12.4. The molecule has 0 aliphatic rings. The molecule has 0 aromatic carbocycles. The highest BCUT2D eigenvalue weighted by Crippen LogP contribution is 2.08. The van der Waals surface area contributed by atoms with Gasteiger partial charge in [-0.1, -0.05) is 6.07 Å². The second-order valence-corrected chi connectivity index (χ2v) is 4.09. The van der Waals surface area contributed by atoms with E-state index in [1.54, 1.807) is 11.3 Å². The molecule has 4 nitrogen and oxygen atoms in total. The van der Waals surface area contributed by atoms with E-state index in [9.17, 15) is 4.79 Å².